The lowest BCUT2D eigenvalue weighted by molar-refractivity contribution is 0.127. The van der Waals surface area contributed by atoms with E-state index in [0.717, 1.165) is 51.3 Å². The first kappa shape index (κ1) is 12.0. The molecule has 2 aliphatic heterocycles. The number of hydrogen-bond acceptors (Lipinski definition) is 3. The van der Waals surface area contributed by atoms with Crippen molar-refractivity contribution in [1.82, 2.24) is 4.90 Å². The summed E-state index contributed by atoms with van der Waals surface area (Å²) in [6, 6.07) is 6.58. The summed E-state index contributed by atoms with van der Waals surface area (Å²) in [6.45, 7) is 4.44. The molecule has 1 N–H and O–H groups in total. The summed E-state index contributed by atoms with van der Waals surface area (Å²) < 4.78 is 5.53. The van der Waals surface area contributed by atoms with Gasteiger partial charge in [-0.05, 0) is 49.0 Å². The van der Waals surface area contributed by atoms with Crippen LogP contribution in [0.5, 0.6) is 5.75 Å². The van der Waals surface area contributed by atoms with Crippen LogP contribution in [0.1, 0.15) is 24.0 Å². The Morgan fingerprint density at radius 1 is 1.28 bits per heavy atom. The van der Waals surface area contributed by atoms with E-state index in [4.69, 9.17) is 9.84 Å². The van der Waals surface area contributed by atoms with Crippen LogP contribution >= 0.6 is 0 Å². The highest BCUT2D eigenvalue weighted by Gasteiger charge is 2.19. The number of nitrogens with zero attached hydrogens (tertiary/aromatic N) is 1. The molecule has 18 heavy (non-hydrogen) atoms. The first-order chi connectivity index (χ1) is 8.85. The molecule has 0 unspecified atom stereocenters. The third-order valence-corrected chi connectivity index (χ3v) is 4.13. The molecule has 0 radical (unpaired) electrons. The predicted molar refractivity (Wildman–Crippen MR) is 70.7 cm³/mol. The molecule has 0 bridgehead atoms. The molecule has 0 atom stereocenters. The molecule has 0 spiro atoms. The lowest BCUT2D eigenvalue weighted by Gasteiger charge is -2.31. The van der Waals surface area contributed by atoms with E-state index in [-0.39, 0.29) is 0 Å². The van der Waals surface area contributed by atoms with Crippen LogP contribution in [-0.2, 0) is 13.0 Å². The van der Waals surface area contributed by atoms with Crippen molar-refractivity contribution in [3.8, 4) is 5.75 Å². The van der Waals surface area contributed by atoms with E-state index in [1.165, 1.54) is 11.1 Å². The van der Waals surface area contributed by atoms with Gasteiger partial charge in [-0.2, -0.15) is 0 Å². The zero-order valence-corrected chi connectivity index (χ0v) is 10.8. The van der Waals surface area contributed by atoms with Gasteiger partial charge < -0.3 is 9.84 Å². The standard InChI is InChI=1S/C15H21NO2/c17-11-12-3-6-16(7-4-12)10-13-1-2-15-14(9-13)5-8-18-15/h1-2,9,12,17H,3-8,10-11H2. The highest BCUT2D eigenvalue weighted by Crippen LogP contribution is 2.27. The highest BCUT2D eigenvalue weighted by atomic mass is 16.5. The number of aliphatic hydroxyl groups excluding tert-OH is 1. The van der Waals surface area contributed by atoms with Gasteiger partial charge in [0.05, 0.1) is 6.61 Å². The van der Waals surface area contributed by atoms with E-state index in [9.17, 15) is 0 Å². The summed E-state index contributed by atoms with van der Waals surface area (Å²) in [5.41, 5.74) is 2.75. The van der Waals surface area contributed by atoms with Crippen LogP contribution in [-0.4, -0.2) is 36.3 Å². The monoisotopic (exact) mass is 247 g/mol. The van der Waals surface area contributed by atoms with Crippen LogP contribution < -0.4 is 4.74 Å². The number of aliphatic hydroxyl groups is 1. The minimum absolute atomic E-state index is 0.351. The third kappa shape index (κ3) is 2.52. The molecule has 98 valence electrons. The first-order valence-corrected chi connectivity index (χ1v) is 6.93. The third-order valence-electron chi connectivity index (χ3n) is 4.13. The van der Waals surface area contributed by atoms with Crippen molar-refractivity contribution in [3.63, 3.8) is 0 Å². The van der Waals surface area contributed by atoms with Crippen LogP contribution in [0.3, 0.4) is 0 Å². The van der Waals surface area contributed by atoms with E-state index in [1.54, 1.807) is 0 Å². The average molecular weight is 247 g/mol. The van der Waals surface area contributed by atoms with Crippen molar-refractivity contribution in [2.24, 2.45) is 5.92 Å². The number of benzene rings is 1. The quantitative estimate of drug-likeness (QED) is 0.884. The molecule has 1 saturated heterocycles. The summed E-state index contributed by atoms with van der Waals surface area (Å²) in [7, 11) is 0. The van der Waals surface area contributed by atoms with Crippen LogP contribution in [0, 0.1) is 5.92 Å². The SMILES string of the molecule is OCC1CCN(Cc2ccc3c(c2)CCO3)CC1. The van der Waals surface area contributed by atoms with Gasteiger partial charge in [0.25, 0.3) is 0 Å². The van der Waals surface area contributed by atoms with Gasteiger partial charge in [-0.3, -0.25) is 4.90 Å². The van der Waals surface area contributed by atoms with Crippen molar-refractivity contribution in [1.29, 1.82) is 0 Å². The topological polar surface area (TPSA) is 32.7 Å². The maximum Gasteiger partial charge on any atom is 0.122 e. The van der Waals surface area contributed by atoms with Gasteiger partial charge in [-0.1, -0.05) is 12.1 Å². The summed E-state index contributed by atoms with van der Waals surface area (Å²) in [6.07, 6.45) is 3.31. The molecular weight excluding hydrogens is 226 g/mol. The van der Waals surface area contributed by atoms with E-state index in [0.29, 0.717) is 12.5 Å². The Bertz CT molecular complexity index is 411. The first-order valence-electron chi connectivity index (χ1n) is 6.93. The molecule has 2 heterocycles. The van der Waals surface area contributed by atoms with E-state index in [2.05, 4.69) is 23.1 Å². The summed E-state index contributed by atoms with van der Waals surface area (Å²) in [4.78, 5) is 2.49. The zero-order chi connectivity index (χ0) is 12.4. The van der Waals surface area contributed by atoms with Crippen molar-refractivity contribution in [3.05, 3.63) is 29.3 Å². The van der Waals surface area contributed by atoms with Crippen molar-refractivity contribution >= 4 is 0 Å². The van der Waals surface area contributed by atoms with Gasteiger partial charge in [-0.25, -0.2) is 0 Å². The summed E-state index contributed by atoms with van der Waals surface area (Å²) >= 11 is 0. The fourth-order valence-corrected chi connectivity index (χ4v) is 2.92. The van der Waals surface area contributed by atoms with Crippen LogP contribution in [0.4, 0.5) is 0 Å². The van der Waals surface area contributed by atoms with Gasteiger partial charge in [0.15, 0.2) is 0 Å². The number of fused-ring (bicyclic) bond motifs is 1. The Hall–Kier alpha value is -1.06. The zero-order valence-electron chi connectivity index (χ0n) is 10.8. The second-order valence-corrected chi connectivity index (χ2v) is 5.44. The maximum atomic E-state index is 9.14. The summed E-state index contributed by atoms with van der Waals surface area (Å²) in [5, 5.41) is 9.14. The van der Waals surface area contributed by atoms with Gasteiger partial charge in [0.2, 0.25) is 0 Å². The molecule has 0 saturated carbocycles. The minimum atomic E-state index is 0.351. The smallest absolute Gasteiger partial charge is 0.122 e. The fraction of sp³-hybridized carbons (Fsp3) is 0.600. The Balaban J connectivity index is 1.60. The Morgan fingerprint density at radius 2 is 2.11 bits per heavy atom. The molecule has 1 aromatic carbocycles. The highest BCUT2D eigenvalue weighted by molar-refractivity contribution is 5.39. The van der Waals surface area contributed by atoms with Crippen LogP contribution in [0.25, 0.3) is 0 Å². The lowest BCUT2D eigenvalue weighted by atomic mass is 9.97. The number of piperidine rings is 1. The average Bonchev–Trinajstić information content (AvgIpc) is 2.87. The molecule has 3 rings (SSSR count). The second-order valence-electron chi connectivity index (χ2n) is 5.44. The number of likely N-dealkylation sites (tertiary alicyclic amines) is 1. The number of ether oxygens (including phenoxy) is 1. The summed E-state index contributed by atoms with van der Waals surface area (Å²) in [5.74, 6) is 1.59. The van der Waals surface area contributed by atoms with Crippen LogP contribution in [0.2, 0.25) is 0 Å². The Morgan fingerprint density at radius 3 is 2.89 bits per heavy atom. The molecular formula is C15H21NO2. The Kier molecular flexibility index (Phi) is 3.52. The van der Waals surface area contributed by atoms with E-state index in [1.807, 2.05) is 0 Å². The van der Waals surface area contributed by atoms with E-state index < -0.39 is 0 Å². The number of hydrogen-bond donors (Lipinski definition) is 1. The van der Waals surface area contributed by atoms with Crippen molar-refractivity contribution in [2.45, 2.75) is 25.8 Å². The van der Waals surface area contributed by atoms with Gasteiger partial charge >= 0.3 is 0 Å². The normalized spacial score (nSPS) is 20.7. The molecule has 0 amide bonds. The fourth-order valence-electron chi connectivity index (χ4n) is 2.92. The molecule has 1 aromatic rings. The van der Waals surface area contributed by atoms with Gasteiger partial charge in [-0.15, -0.1) is 0 Å². The predicted octanol–water partition coefficient (Wildman–Crippen LogP) is 1.83. The molecule has 0 aliphatic carbocycles. The minimum Gasteiger partial charge on any atom is -0.493 e. The lowest BCUT2D eigenvalue weighted by Crippen LogP contribution is -2.34. The van der Waals surface area contributed by atoms with Gasteiger partial charge in [0.1, 0.15) is 5.75 Å². The van der Waals surface area contributed by atoms with Crippen molar-refractivity contribution < 1.29 is 9.84 Å². The second kappa shape index (κ2) is 5.29. The molecule has 2 aliphatic rings. The molecule has 1 fully saturated rings. The van der Waals surface area contributed by atoms with Gasteiger partial charge in [0, 0.05) is 19.6 Å². The maximum absolute atomic E-state index is 9.14. The molecule has 3 nitrogen and oxygen atoms in total. The van der Waals surface area contributed by atoms with Crippen LogP contribution in [0.15, 0.2) is 18.2 Å². The Labute approximate surface area is 108 Å². The van der Waals surface area contributed by atoms with Crippen molar-refractivity contribution in [2.75, 3.05) is 26.3 Å². The van der Waals surface area contributed by atoms with E-state index >= 15 is 0 Å². The molecule has 3 heteroatoms. The number of rotatable bonds is 3. The molecule has 0 aromatic heterocycles. The largest absolute Gasteiger partial charge is 0.493 e.